The zero-order chi connectivity index (χ0) is 14.1. The Morgan fingerprint density at radius 3 is 2.41 bits per heavy atom. The number of pyridine rings is 2. The van der Waals surface area contributed by atoms with Gasteiger partial charge in [-0.1, -0.05) is 24.3 Å². The topological polar surface area (TPSA) is 60.5 Å². The van der Waals surface area contributed by atoms with Gasteiger partial charge in [-0.25, -0.2) is 4.98 Å². The third-order valence-corrected chi connectivity index (χ3v) is 4.07. The summed E-state index contributed by atoms with van der Waals surface area (Å²) in [5.74, 6) is 0. The van der Waals surface area contributed by atoms with Gasteiger partial charge in [0.2, 0.25) is 0 Å². The molecule has 0 spiro atoms. The summed E-state index contributed by atoms with van der Waals surface area (Å²) in [6, 6.07) is 16.5. The van der Waals surface area contributed by atoms with Gasteiger partial charge in [0.15, 0.2) is 0 Å². The van der Waals surface area contributed by atoms with Crippen LogP contribution in [0.4, 0.5) is 5.69 Å². The minimum atomic E-state index is 0. The molecule has 1 saturated heterocycles. The van der Waals surface area contributed by atoms with Crippen molar-refractivity contribution in [2.75, 3.05) is 18.0 Å². The van der Waals surface area contributed by atoms with E-state index < -0.39 is 0 Å². The first-order valence-electron chi connectivity index (χ1n) is 7.48. The fourth-order valence-corrected chi connectivity index (χ4v) is 3.02. The maximum absolute atomic E-state index is 4.79. The van der Waals surface area contributed by atoms with Crippen LogP contribution in [0.15, 0.2) is 54.7 Å². The van der Waals surface area contributed by atoms with Crippen LogP contribution in [-0.2, 0) is 0 Å². The number of fused-ring (bicyclic) bond motifs is 1. The highest BCUT2D eigenvalue weighted by molar-refractivity contribution is 5.94. The Morgan fingerprint density at radius 1 is 0.864 bits per heavy atom. The Hall–Kier alpha value is -2.46. The summed E-state index contributed by atoms with van der Waals surface area (Å²) in [6.45, 7) is 2.27. The molecule has 1 fully saturated rings. The summed E-state index contributed by atoms with van der Waals surface area (Å²) in [7, 11) is 0. The average molecular weight is 293 g/mol. The van der Waals surface area contributed by atoms with Crippen molar-refractivity contribution in [1.29, 1.82) is 0 Å². The van der Waals surface area contributed by atoms with Crippen molar-refractivity contribution in [1.82, 2.24) is 9.97 Å². The Balaban J connectivity index is 0.00000144. The van der Waals surface area contributed by atoms with E-state index in [2.05, 4.69) is 34.1 Å². The van der Waals surface area contributed by atoms with Crippen molar-refractivity contribution in [3.8, 4) is 11.4 Å². The summed E-state index contributed by atoms with van der Waals surface area (Å²) in [6.07, 6.45) is 4.37. The van der Waals surface area contributed by atoms with Crippen LogP contribution in [0.25, 0.3) is 22.3 Å². The molecule has 0 radical (unpaired) electrons. The van der Waals surface area contributed by atoms with Crippen LogP contribution in [0, 0.1) is 0 Å². The van der Waals surface area contributed by atoms with E-state index in [1.807, 2.05) is 30.5 Å². The minimum absolute atomic E-state index is 0. The summed E-state index contributed by atoms with van der Waals surface area (Å²) in [4.78, 5) is 11.7. The van der Waals surface area contributed by atoms with E-state index in [9.17, 15) is 0 Å². The molecular formula is C18H19N3O. The van der Waals surface area contributed by atoms with Gasteiger partial charge in [0.25, 0.3) is 0 Å². The molecule has 112 valence electrons. The SMILES string of the molecule is O.c1ccc(-c2cc(N3CCCC3)c3ccccc3n2)nc1. The number of aromatic nitrogens is 2. The zero-order valence-corrected chi connectivity index (χ0v) is 12.4. The van der Waals surface area contributed by atoms with Gasteiger partial charge in [-0.3, -0.25) is 4.98 Å². The molecule has 0 atom stereocenters. The van der Waals surface area contributed by atoms with Gasteiger partial charge in [-0.15, -0.1) is 0 Å². The summed E-state index contributed by atoms with van der Waals surface area (Å²) >= 11 is 0. The third kappa shape index (κ3) is 2.53. The second-order valence-electron chi connectivity index (χ2n) is 5.45. The monoisotopic (exact) mass is 293 g/mol. The van der Waals surface area contributed by atoms with E-state index in [0.717, 1.165) is 30.0 Å². The molecule has 0 aliphatic carbocycles. The number of hydrogen-bond acceptors (Lipinski definition) is 3. The standard InChI is InChI=1S/C18H17N3.H2O/c1-2-8-15-14(7-1)18(21-11-5-6-12-21)13-17(20-15)16-9-3-4-10-19-16;/h1-4,7-10,13H,5-6,11-12H2;1H2. The summed E-state index contributed by atoms with van der Waals surface area (Å²) < 4.78 is 0. The van der Waals surface area contributed by atoms with Crippen LogP contribution in [0.1, 0.15) is 12.8 Å². The summed E-state index contributed by atoms with van der Waals surface area (Å²) in [5, 5.41) is 1.24. The highest BCUT2D eigenvalue weighted by Gasteiger charge is 2.17. The fourth-order valence-electron chi connectivity index (χ4n) is 3.02. The van der Waals surface area contributed by atoms with Gasteiger partial charge in [0.1, 0.15) is 0 Å². The number of rotatable bonds is 2. The lowest BCUT2D eigenvalue weighted by atomic mass is 10.1. The first kappa shape index (κ1) is 14.5. The molecule has 1 aromatic carbocycles. The third-order valence-electron chi connectivity index (χ3n) is 4.07. The van der Waals surface area contributed by atoms with Crippen LogP contribution < -0.4 is 4.90 Å². The smallest absolute Gasteiger partial charge is 0.0914 e. The Morgan fingerprint density at radius 2 is 1.64 bits per heavy atom. The molecular weight excluding hydrogens is 274 g/mol. The van der Waals surface area contributed by atoms with Gasteiger partial charge in [0, 0.05) is 30.4 Å². The van der Waals surface area contributed by atoms with E-state index >= 15 is 0 Å². The van der Waals surface area contributed by atoms with E-state index in [0.29, 0.717) is 0 Å². The van der Waals surface area contributed by atoms with E-state index in [1.54, 1.807) is 0 Å². The molecule has 22 heavy (non-hydrogen) atoms. The van der Waals surface area contributed by atoms with Gasteiger partial charge in [-0.05, 0) is 37.1 Å². The van der Waals surface area contributed by atoms with Crippen LogP contribution in [-0.4, -0.2) is 28.5 Å². The van der Waals surface area contributed by atoms with Gasteiger partial charge >= 0.3 is 0 Å². The van der Waals surface area contributed by atoms with Crippen molar-refractivity contribution in [3.05, 3.63) is 54.7 Å². The van der Waals surface area contributed by atoms with Crippen LogP contribution in [0.5, 0.6) is 0 Å². The number of hydrogen-bond donors (Lipinski definition) is 0. The number of benzene rings is 1. The normalized spacial score (nSPS) is 14.1. The molecule has 2 aromatic heterocycles. The summed E-state index contributed by atoms with van der Waals surface area (Å²) in [5.41, 5.74) is 4.22. The molecule has 0 saturated carbocycles. The predicted molar refractivity (Wildman–Crippen MR) is 90.0 cm³/mol. The first-order chi connectivity index (χ1) is 10.4. The van der Waals surface area contributed by atoms with Crippen LogP contribution >= 0.6 is 0 Å². The molecule has 0 bridgehead atoms. The Labute approximate surface area is 129 Å². The predicted octanol–water partition coefficient (Wildman–Crippen LogP) is 3.07. The molecule has 0 amide bonds. The molecule has 4 rings (SSSR count). The average Bonchev–Trinajstić information content (AvgIpc) is 3.09. The number of anilines is 1. The number of nitrogens with zero attached hydrogens (tertiary/aromatic N) is 3. The molecule has 3 aromatic rings. The van der Waals surface area contributed by atoms with Gasteiger partial charge in [0.05, 0.1) is 16.9 Å². The maximum atomic E-state index is 4.79. The molecule has 3 heterocycles. The van der Waals surface area contributed by atoms with E-state index in [4.69, 9.17) is 4.98 Å². The molecule has 4 nitrogen and oxygen atoms in total. The van der Waals surface area contributed by atoms with Crippen LogP contribution in [0.2, 0.25) is 0 Å². The lowest BCUT2D eigenvalue weighted by molar-refractivity contribution is 0.824. The quantitative estimate of drug-likeness (QED) is 0.729. The number of para-hydroxylation sites is 1. The van der Waals surface area contributed by atoms with Crippen molar-refractivity contribution >= 4 is 16.6 Å². The molecule has 1 aliphatic rings. The largest absolute Gasteiger partial charge is 0.412 e. The minimum Gasteiger partial charge on any atom is -0.412 e. The lowest BCUT2D eigenvalue weighted by Crippen LogP contribution is -2.18. The first-order valence-corrected chi connectivity index (χ1v) is 7.48. The highest BCUT2D eigenvalue weighted by Crippen LogP contribution is 2.32. The van der Waals surface area contributed by atoms with E-state index in [-0.39, 0.29) is 5.48 Å². The molecule has 0 unspecified atom stereocenters. The Kier molecular flexibility index (Phi) is 4.02. The maximum Gasteiger partial charge on any atom is 0.0914 e. The second kappa shape index (κ2) is 6.12. The molecule has 2 N–H and O–H groups in total. The van der Waals surface area contributed by atoms with Crippen molar-refractivity contribution < 1.29 is 5.48 Å². The van der Waals surface area contributed by atoms with Gasteiger partial charge in [-0.2, -0.15) is 0 Å². The van der Waals surface area contributed by atoms with Crippen molar-refractivity contribution in [2.24, 2.45) is 0 Å². The van der Waals surface area contributed by atoms with E-state index in [1.165, 1.54) is 23.9 Å². The second-order valence-corrected chi connectivity index (χ2v) is 5.45. The fraction of sp³-hybridized carbons (Fsp3) is 0.222. The highest BCUT2D eigenvalue weighted by atomic mass is 16.0. The Bertz CT molecular complexity index is 768. The zero-order valence-electron chi connectivity index (χ0n) is 12.4. The molecule has 4 heteroatoms. The molecule has 1 aliphatic heterocycles. The lowest BCUT2D eigenvalue weighted by Gasteiger charge is -2.20. The van der Waals surface area contributed by atoms with Gasteiger partial charge < -0.3 is 10.4 Å². The van der Waals surface area contributed by atoms with Crippen LogP contribution in [0.3, 0.4) is 0 Å². The van der Waals surface area contributed by atoms with Crippen molar-refractivity contribution in [2.45, 2.75) is 12.8 Å². The van der Waals surface area contributed by atoms with Crippen molar-refractivity contribution in [3.63, 3.8) is 0 Å².